The summed E-state index contributed by atoms with van der Waals surface area (Å²) in [6.45, 7) is 2.14. The van der Waals surface area contributed by atoms with E-state index < -0.39 is 11.8 Å². The van der Waals surface area contributed by atoms with Crippen molar-refractivity contribution in [3.63, 3.8) is 0 Å². The molecule has 0 spiro atoms. The third-order valence-electron chi connectivity index (χ3n) is 4.74. The molecule has 1 heterocycles. The molecule has 0 saturated carbocycles. The van der Waals surface area contributed by atoms with E-state index in [-0.39, 0.29) is 23.6 Å². The monoisotopic (exact) mass is 370 g/mol. The molecule has 3 rings (SSSR count). The van der Waals surface area contributed by atoms with Crippen LogP contribution in [0, 0.1) is 11.7 Å². The first-order valence-corrected chi connectivity index (χ1v) is 9.01. The van der Waals surface area contributed by atoms with Gasteiger partial charge in [-0.25, -0.2) is 9.18 Å². The second kappa shape index (κ2) is 8.77. The van der Waals surface area contributed by atoms with Crippen LogP contribution in [0.25, 0.3) is 0 Å². The number of carbonyl (C=O) groups is 2. The van der Waals surface area contributed by atoms with Crippen LogP contribution in [0.2, 0.25) is 0 Å². The molecule has 0 aromatic heterocycles. The Morgan fingerprint density at radius 2 is 1.93 bits per heavy atom. The standard InChI is InChI=1S/C21H23FN2O3/c1-27-21(26)17-6-7-18(22)19(12-17)24-20(25)11-15-4-2-14(3-5-15)10-16-8-9-23-13-16/h2-7,12,16,23H,8-11,13H2,1H3,(H,24,25). The average molecular weight is 370 g/mol. The van der Waals surface area contributed by atoms with Gasteiger partial charge < -0.3 is 15.4 Å². The van der Waals surface area contributed by atoms with Crippen molar-refractivity contribution in [2.75, 3.05) is 25.5 Å². The lowest BCUT2D eigenvalue weighted by atomic mass is 9.97. The van der Waals surface area contributed by atoms with Crippen LogP contribution in [0.15, 0.2) is 42.5 Å². The molecule has 1 fully saturated rings. The highest BCUT2D eigenvalue weighted by Crippen LogP contribution is 2.18. The molecule has 1 saturated heterocycles. The molecule has 1 atom stereocenters. The molecule has 2 aromatic rings. The van der Waals surface area contributed by atoms with Crippen LogP contribution < -0.4 is 10.6 Å². The van der Waals surface area contributed by atoms with Gasteiger partial charge >= 0.3 is 5.97 Å². The van der Waals surface area contributed by atoms with E-state index in [0.717, 1.165) is 31.1 Å². The van der Waals surface area contributed by atoms with E-state index in [2.05, 4.69) is 15.4 Å². The van der Waals surface area contributed by atoms with E-state index in [1.165, 1.54) is 31.2 Å². The van der Waals surface area contributed by atoms with Gasteiger partial charge in [-0.15, -0.1) is 0 Å². The minimum atomic E-state index is -0.600. The van der Waals surface area contributed by atoms with Crippen LogP contribution in [0.1, 0.15) is 27.9 Å². The van der Waals surface area contributed by atoms with Crippen LogP contribution in [0.3, 0.4) is 0 Å². The van der Waals surface area contributed by atoms with Crippen molar-refractivity contribution in [3.05, 3.63) is 65.0 Å². The molecule has 1 aliphatic rings. The third-order valence-corrected chi connectivity index (χ3v) is 4.74. The van der Waals surface area contributed by atoms with Gasteiger partial charge in [-0.3, -0.25) is 4.79 Å². The number of ether oxygens (including phenoxy) is 1. The lowest BCUT2D eigenvalue weighted by molar-refractivity contribution is -0.115. The summed E-state index contributed by atoms with van der Waals surface area (Å²) < 4.78 is 18.5. The van der Waals surface area contributed by atoms with Gasteiger partial charge in [0.1, 0.15) is 5.82 Å². The highest BCUT2D eigenvalue weighted by Gasteiger charge is 2.15. The van der Waals surface area contributed by atoms with Gasteiger partial charge in [-0.2, -0.15) is 0 Å². The Morgan fingerprint density at radius 3 is 2.59 bits per heavy atom. The summed E-state index contributed by atoms with van der Waals surface area (Å²) in [7, 11) is 1.25. The van der Waals surface area contributed by atoms with Crippen LogP contribution in [0.4, 0.5) is 10.1 Å². The topological polar surface area (TPSA) is 67.4 Å². The molecule has 1 amide bonds. The van der Waals surface area contributed by atoms with E-state index in [0.29, 0.717) is 5.92 Å². The maximum Gasteiger partial charge on any atom is 0.337 e. The van der Waals surface area contributed by atoms with Gasteiger partial charge in [0.05, 0.1) is 24.8 Å². The van der Waals surface area contributed by atoms with Gasteiger partial charge in [0.15, 0.2) is 0 Å². The molecule has 0 radical (unpaired) electrons. The summed E-state index contributed by atoms with van der Waals surface area (Å²) in [5.41, 5.74) is 2.25. The summed E-state index contributed by atoms with van der Waals surface area (Å²) in [5.74, 6) is -0.858. The molecule has 1 aliphatic heterocycles. The summed E-state index contributed by atoms with van der Waals surface area (Å²) >= 11 is 0. The third kappa shape index (κ3) is 5.14. The molecule has 142 valence electrons. The number of esters is 1. The number of benzene rings is 2. The van der Waals surface area contributed by atoms with Gasteiger partial charge in [-0.05, 0) is 61.2 Å². The largest absolute Gasteiger partial charge is 0.465 e. The molecule has 1 unspecified atom stereocenters. The molecular weight excluding hydrogens is 347 g/mol. The number of rotatable bonds is 6. The fourth-order valence-electron chi connectivity index (χ4n) is 3.26. The number of anilines is 1. The van der Waals surface area contributed by atoms with Crippen LogP contribution >= 0.6 is 0 Å². The lowest BCUT2D eigenvalue weighted by Gasteiger charge is -2.10. The highest BCUT2D eigenvalue weighted by atomic mass is 19.1. The number of halogens is 1. The SMILES string of the molecule is COC(=O)c1ccc(F)c(NC(=O)Cc2ccc(CC3CCNC3)cc2)c1. The summed E-state index contributed by atoms with van der Waals surface area (Å²) in [5, 5.41) is 5.88. The van der Waals surface area contributed by atoms with Crippen molar-refractivity contribution in [2.45, 2.75) is 19.3 Å². The molecule has 0 aliphatic carbocycles. The quantitative estimate of drug-likeness (QED) is 0.768. The smallest absolute Gasteiger partial charge is 0.337 e. The first-order valence-electron chi connectivity index (χ1n) is 9.01. The van der Waals surface area contributed by atoms with Gasteiger partial charge in [0.2, 0.25) is 5.91 Å². The second-order valence-electron chi connectivity index (χ2n) is 6.79. The van der Waals surface area contributed by atoms with E-state index >= 15 is 0 Å². The number of methoxy groups -OCH3 is 1. The lowest BCUT2D eigenvalue weighted by Crippen LogP contribution is -2.16. The second-order valence-corrected chi connectivity index (χ2v) is 6.79. The van der Waals surface area contributed by atoms with Gasteiger partial charge in [0, 0.05) is 0 Å². The summed E-state index contributed by atoms with van der Waals surface area (Å²) in [4.78, 5) is 23.8. The normalized spacial score (nSPS) is 16.1. The zero-order valence-electron chi connectivity index (χ0n) is 15.3. The van der Waals surface area contributed by atoms with Gasteiger partial charge in [0.25, 0.3) is 0 Å². The van der Waals surface area contributed by atoms with Crippen molar-refractivity contribution in [1.82, 2.24) is 5.32 Å². The number of hydrogen-bond acceptors (Lipinski definition) is 4. The van der Waals surface area contributed by atoms with E-state index in [9.17, 15) is 14.0 Å². The zero-order valence-corrected chi connectivity index (χ0v) is 15.3. The predicted molar refractivity (Wildman–Crippen MR) is 101 cm³/mol. The van der Waals surface area contributed by atoms with Crippen molar-refractivity contribution in [2.24, 2.45) is 5.92 Å². The fraction of sp³-hybridized carbons (Fsp3) is 0.333. The van der Waals surface area contributed by atoms with Crippen molar-refractivity contribution in [1.29, 1.82) is 0 Å². The fourth-order valence-corrected chi connectivity index (χ4v) is 3.26. The Hall–Kier alpha value is -2.73. The van der Waals surface area contributed by atoms with Crippen molar-refractivity contribution < 1.29 is 18.7 Å². The van der Waals surface area contributed by atoms with Crippen LogP contribution in [-0.4, -0.2) is 32.1 Å². The van der Waals surface area contributed by atoms with Crippen LogP contribution in [-0.2, 0) is 22.4 Å². The Kier molecular flexibility index (Phi) is 6.19. The Morgan fingerprint density at radius 1 is 1.19 bits per heavy atom. The maximum absolute atomic E-state index is 13.9. The Bertz CT molecular complexity index is 815. The Balaban J connectivity index is 1.59. The van der Waals surface area contributed by atoms with E-state index in [1.54, 1.807) is 0 Å². The number of amides is 1. The Labute approximate surface area is 157 Å². The molecule has 6 heteroatoms. The molecule has 2 N–H and O–H groups in total. The number of nitrogens with one attached hydrogen (secondary N) is 2. The number of hydrogen-bond donors (Lipinski definition) is 2. The molecule has 5 nitrogen and oxygen atoms in total. The minimum absolute atomic E-state index is 0.0340. The molecule has 0 bridgehead atoms. The predicted octanol–water partition coefficient (Wildman–Crippen LogP) is 2.95. The van der Waals surface area contributed by atoms with Crippen molar-refractivity contribution >= 4 is 17.6 Å². The zero-order chi connectivity index (χ0) is 19.2. The van der Waals surface area contributed by atoms with E-state index in [1.807, 2.05) is 24.3 Å². The summed E-state index contributed by atoms with van der Waals surface area (Å²) in [6.07, 6.45) is 2.36. The van der Waals surface area contributed by atoms with Crippen LogP contribution in [0.5, 0.6) is 0 Å². The highest BCUT2D eigenvalue weighted by molar-refractivity contribution is 5.95. The summed E-state index contributed by atoms with van der Waals surface area (Å²) in [6, 6.07) is 11.7. The molecular formula is C21H23FN2O3. The molecule has 2 aromatic carbocycles. The average Bonchev–Trinajstić information content (AvgIpc) is 3.17. The first-order chi connectivity index (χ1) is 13.0. The van der Waals surface area contributed by atoms with Gasteiger partial charge in [-0.1, -0.05) is 24.3 Å². The number of carbonyl (C=O) groups excluding carboxylic acids is 2. The van der Waals surface area contributed by atoms with Crippen molar-refractivity contribution in [3.8, 4) is 0 Å². The minimum Gasteiger partial charge on any atom is -0.465 e. The maximum atomic E-state index is 13.9. The first kappa shape index (κ1) is 19.0. The van der Waals surface area contributed by atoms with E-state index in [4.69, 9.17) is 0 Å². The molecule has 27 heavy (non-hydrogen) atoms.